The number of alkyl halides is 1. The van der Waals surface area contributed by atoms with Crippen LogP contribution in [0.15, 0.2) is 22.7 Å². The first-order valence-electron chi connectivity index (χ1n) is 4.56. The second kappa shape index (κ2) is 5.12. The third-order valence-electron chi connectivity index (χ3n) is 1.95. The molecule has 0 spiro atoms. The van der Waals surface area contributed by atoms with E-state index < -0.39 is 0 Å². The Labute approximate surface area is 110 Å². The van der Waals surface area contributed by atoms with Crippen molar-refractivity contribution in [2.24, 2.45) is 0 Å². The van der Waals surface area contributed by atoms with Gasteiger partial charge in [-0.2, -0.15) is 0 Å². The fourth-order valence-corrected chi connectivity index (χ4v) is 2.58. The van der Waals surface area contributed by atoms with E-state index in [1.165, 1.54) is 0 Å². The third-order valence-corrected chi connectivity index (χ3v) is 3.72. The number of hydrogen-bond donors (Lipinski definition) is 1. The highest BCUT2D eigenvalue weighted by Gasteiger charge is 2.05. The Balaban J connectivity index is 2.16. The highest BCUT2D eigenvalue weighted by molar-refractivity contribution is 9.10. The minimum Gasteiger partial charge on any atom is -0.349 e. The van der Waals surface area contributed by atoms with Gasteiger partial charge in [0.15, 0.2) is 0 Å². The van der Waals surface area contributed by atoms with Crippen LogP contribution in [0.5, 0.6) is 0 Å². The number of amides is 1. The molecule has 84 valence electrons. The Kier molecular flexibility index (Phi) is 3.78. The van der Waals surface area contributed by atoms with Crippen LogP contribution in [-0.4, -0.2) is 16.8 Å². The molecule has 0 saturated heterocycles. The summed E-state index contributed by atoms with van der Waals surface area (Å²) in [5.74, 6) is -0.196. The van der Waals surface area contributed by atoms with E-state index in [1.807, 2.05) is 18.2 Å². The van der Waals surface area contributed by atoms with E-state index in [1.54, 1.807) is 11.3 Å². The van der Waals surface area contributed by atoms with Gasteiger partial charge in [-0.05, 0) is 18.2 Å². The smallest absolute Gasteiger partial charge is 0.235 e. The van der Waals surface area contributed by atoms with Crippen molar-refractivity contribution in [2.45, 2.75) is 6.54 Å². The maximum absolute atomic E-state index is 11.0. The second-order valence-electron chi connectivity index (χ2n) is 3.13. The molecule has 1 aromatic carbocycles. The third kappa shape index (κ3) is 2.72. The fraction of sp³-hybridized carbons (Fsp3) is 0.200. The lowest BCUT2D eigenvalue weighted by Crippen LogP contribution is -2.23. The zero-order chi connectivity index (χ0) is 11.5. The number of halogens is 2. The predicted octanol–water partition coefficient (Wildman–Crippen LogP) is 2.91. The molecular weight excluding hydrogens is 312 g/mol. The van der Waals surface area contributed by atoms with Gasteiger partial charge in [-0.25, -0.2) is 4.98 Å². The van der Waals surface area contributed by atoms with Crippen LogP contribution in [0, 0.1) is 0 Å². The van der Waals surface area contributed by atoms with Crippen molar-refractivity contribution in [1.82, 2.24) is 10.3 Å². The Bertz CT molecular complexity index is 529. The Morgan fingerprint density at radius 1 is 1.56 bits per heavy atom. The van der Waals surface area contributed by atoms with E-state index in [4.69, 9.17) is 11.6 Å². The molecule has 0 saturated carbocycles. The number of nitrogens with zero attached hydrogens (tertiary/aromatic N) is 1. The van der Waals surface area contributed by atoms with E-state index in [9.17, 15) is 4.79 Å². The fourth-order valence-electron chi connectivity index (χ4n) is 1.25. The molecule has 1 aromatic heterocycles. The molecule has 16 heavy (non-hydrogen) atoms. The molecule has 0 aliphatic carbocycles. The number of hydrogen-bond acceptors (Lipinski definition) is 3. The zero-order valence-corrected chi connectivity index (χ0v) is 11.3. The van der Waals surface area contributed by atoms with Crippen molar-refractivity contribution in [1.29, 1.82) is 0 Å². The monoisotopic (exact) mass is 318 g/mol. The van der Waals surface area contributed by atoms with Crippen LogP contribution >= 0.6 is 38.9 Å². The molecule has 0 aliphatic rings. The summed E-state index contributed by atoms with van der Waals surface area (Å²) in [5.41, 5.74) is 0.939. The molecule has 2 aromatic rings. The van der Waals surface area contributed by atoms with Crippen LogP contribution in [0.25, 0.3) is 10.2 Å². The van der Waals surface area contributed by atoms with Crippen LogP contribution in [-0.2, 0) is 11.3 Å². The van der Waals surface area contributed by atoms with Crippen LogP contribution in [0.4, 0.5) is 0 Å². The molecule has 0 aliphatic heterocycles. The molecular formula is C10H8BrClN2OS. The van der Waals surface area contributed by atoms with Crippen molar-refractivity contribution in [3.8, 4) is 0 Å². The summed E-state index contributed by atoms with van der Waals surface area (Å²) in [6.07, 6.45) is 0. The van der Waals surface area contributed by atoms with Gasteiger partial charge in [0, 0.05) is 4.47 Å². The summed E-state index contributed by atoms with van der Waals surface area (Å²) < 4.78 is 2.11. The lowest BCUT2D eigenvalue weighted by atomic mass is 10.3. The number of carbonyl (C=O) groups excluding carboxylic acids is 1. The minimum atomic E-state index is -0.179. The average molecular weight is 320 g/mol. The van der Waals surface area contributed by atoms with Crippen molar-refractivity contribution in [3.63, 3.8) is 0 Å². The number of benzene rings is 1. The van der Waals surface area contributed by atoms with Gasteiger partial charge in [0.05, 0.1) is 16.8 Å². The van der Waals surface area contributed by atoms with Gasteiger partial charge in [0.1, 0.15) is 10.9 Å². The SMILES string of the molecule is O=C(CCl)NCc1nc2cc(Br)ccc2s1. The van der Waals surface area contributed by atoms with Crippen molar-refractivity contribution >= 4 is 55.0 Å². The summed E-state index contributed by atoms with van der Waals surface area (Å²) >= 11 is 10.3. The predicted molar refractivity (Wildman–Crippen MR) is 69.9 cm³/mol. The topological polar surface area (TPSA) is 42.0 Å². The van der Waals surface area contributed by atoms with Crippen molar-refractivity contribution < 1.29 is 4.79 Å². The number of aromatic nitrogens is 1. The molecule has 3 nitrogen and oxygen atoms in total. The van der Waals surface area contributed by atoms with E-state index in [0.717, 1.165) is 19.7 Å². The van der Waals surface area contributed by atoms with Gasteiger partial charge in [-0.3, -0.25) is 4.79 Å². The van der Waals surface area contributed by atoms with Gasteiger partial charge >= 0.3 is 0 Å². The summed E-state index contributed by atoms with van der Waals surface area (Å²) in [5, 5.41) is 3.57. The number of fused-ring (bicyclic) bond motifs is 1. The summed E-state index contributed by atoms with van der Waals surface area (Å²) in [6, 6.07) is 5.93. The molecule has 1 N–H and O–H groups in total. The quantitative estimate of drug-likeness (QED) is 0.884. The molecule has 0 bridgehead atoms. The largest absolute Gasteiger partial charge is 0.349 e. The minimum absolute atomic E-state index is 0.0174. The molecule has 2 rings (SSSR count). The average Bonchev–Trinajstić information content (AvgIpc) is 2.67. The lowest BCUT2D eigenvalue weighted by Gasteiger charge is -1.97. The number of rotatable bonds is 3. The summed E-state index contributed by atoms with van der Waals surface area (Å²) in [7, 11) is 0. The Morgan fingerprint density at radius 2 is 2.38 bits per heavy atom. The van der Waals surface area contributed by atoms with Crippen molar-refractivity contribution in [3.05, 3.63) is 27.7 Å². The van der Waals surface area contributed by atoms with Crippen LogP contribution in [0.1, 0.15) is 5.01 Å². The molecule has 0 atom stereocenters. The van der Waals surface area contributed by atoms with E-state index in [-0.39, 0.29) is 11.8 Å². The molecule has 0 fully saturated rings. The Morgan fingerprint density at radius 3 is 3.12 bits per heavy atom. The number of thiazole rings is 1. The van der Waals surface area contributed by atoms with Gasteiger partial charge in [-0.15, -0.1) is 22.9 Å². The summed E-state index contributed by atoms with van der Waals surface area (Å²) in [6.45, 7) is 0.433. The van der Waals surface area contributed by atoms with Gasteiger partial charge in [0.2, 0.25) is 5.91 Å². The number of nitrogens with one attached hydrogen (secondary N) is 1. The van der Waals surface area contributed by atoms with Gasteiger partial charge < -0.3 is 5.32 Å². The second-order valence-corrected chi connectivity index (χ2v) is 5.43. The zero-order valence-electron chi connectivity index (χ0n) is 8.17. The van der Waals surface area contributed by atoms with Gasteiger partial charge in [-0.1, -0.05) is 15.9 Å². The van der Waals surface area contributed by atoms with Crippen LogP contribution in [0.2, 0.25) is 0 Å². The first kappa shape index (κ1) is 11.8. The van der Waals surface area contributed by atoms with Crippen LogP contribution in [0.3, 0.4) is 0 Å². The highest BCUT2D eigenvalue weighted by Crippen LogP contribution is 2.24. The normalized spacial score (nSPS) is 10.6. The Hall–Kier alpha value is -0.650. The lowest BCUT2D eigenvalue weighted by molar-refractivity contribution is -0.118. The highest BCUT2D eigenvalue weighted by atomic mass is 79.9. The standard InChI is InChI=1S/C10H8BrClN2OS/c11-6-1-2-8-7(3-6)14-10(16-8)5-13-9(15)4-12/h1-3H,4-5H2,(H,13,15). The van der Waals surface area contributed by atoms with Crippen molar-refractivity contribution in [2.75, 3.05) is 5.88 Å². The van der Waals surface area contributed by atoms with E-state index in [2.05, 4.69) is 26.2 Å². The molecule has 1 heterocycles. The molecule has 1 amide bonds. The van der Waals surface area contributed by atoms with E-state index in [0.29, 0.717) is 6.54 Å². The molecule has 0 unspecified atom stereocenters. The maximum Gasteiger partial charge on any atom is 0.235 e. The maximum atomic E-state index is 11.0. The first-order chi connectivity index (χ1) is 7.69. The van der Waals surface area contributed by atoms with Gasteiger partial charge in [0.25, 0.3) is 0 Å². The van der Waals surface area contributed by atoms with E-state index >= 15 is 0 Å². The molecule has 6 heteroatoms. The summed E-state index contributed by atoms with van der Waals surface area (Å²) in [4.78, 5) is 15.4. The number of carbonyl (C=O) groups is 1. The first-order valence-corrected chi connectivity index (χ1v) is 6.71. The molecule has 0 radical (unpaired) electrons. The van der Waals surface area contributed by atoms with Crippen LogP contribution < -0.4 is 5.32 Å².